The predicted octanol–water partition coefficient (Wildman–Crippen LogP) is 3.27. The van der Waals surface area contributed by atoms with Crippen LogP contribution in [0.25, 0.3) is 0 Å². The van der Waals surface area contributed by atoms with Crippen LogP contribution in [-0.2, 0) is 9.59 Å². The topological polar surface area (TPSA) is 97.0 Å². The Morgan fingerprint density at radius 3 is 2.69 bits per heavy atom. The Morgan fingerprint density at radius 2 is 2.03 bits per heavy atom. The van der Waals surface area contributed by atoms with Gasteiger partial charge in [-0.2, -0.15) is 0 Å². The van der Waals surface area contributed by atoms with Crippen molar-refractivity contribution in [2.45, 2.75) is 64.1 Å². The summed E-state index contributed by atoms with van der Waals surface area (Å²) >= 11 is 6.42. The van der Waals surface area contributed by atoms with Crippen LogP contribution in [0.5, 0.6) is 5.75 Å². The summed E-state index contributed by atoms with van der Waals surface area (Å²) < 4.78 is 6.04. The number of amides is 2. The van der Waals surface area contributed by atoms with Gasteiger partial charge in [0.1, 0.15) is 11.4 Å². The molecule has 3 aliphatic rings. The highest BCUT2D eigenvalue weighted by molar-refractivity contribution is 6.31. The normalized spacial score (nSPS) is 27.1. The standard InChI is InChI=1S/C22H29ClN4O3.C2H2/c1-21(2)10-17(28)27(20(24)26-21)11-12-8-13(12)19(29)25-15-9-22(3,4)30-16-7-5-6-14(23)18(15)16;1-2/h5-7,12-13,15H,8-11H2,1-4H3,(H2,24,26)(H,25,29);1-2H/t12-,13?,15+;/m1./s1. The molecule has 0 saturated heterocycles. The van der Waals surface area contributed by atoms with E-state index in [2.05, 4.69) is 23.2 Å². The van der Waals surface area contributed by atoms with Crippen LogP contribution in [0.3, 0.4) is 0 Å². The zero-order valence-electron chi connectivity index (χ0n) is 19.0. The van der Waals surface area contributed by atoms with E-state index >= 15 is 0 Å². The average molecular weight is 459 g/mol. The number of fused-ring (bicyclic) bond motifs is 1. The number of hydrogen-bond acceptors (Lipinski definition) is 5. The van der Waals surface area contributed by atoms with E-state index in [9.17, 15) is 9.59 Å². The molecule has 172 valence electrons. The van der Waals surface area contributed by atoms with Gasteiger partial charge in [-0.15, -0.1) is 12.8 Å². The second-order valence-electron chi connectivity index (χ2n) is 9.84. The van der Waals surface area contributed by atoms with Crippen LogP contribution >= 0.6 is 11.6 Å². The molecule has 4 rings (SSSR count). The van der Waals surface area contributed by atoms with Crippen molar-refractivity contribution in [3.8, 4) is 18.6 Å². The minimum absolute atomic E-state index is 0.0196. The number of benzene rings is 1. The third kappa shape index (κ3) is 5.02. The maximum Gasteiger partial charge on any atom is 0.231 e. The highest BCUT2D eigenvalue weighted by atomic mass is 35.5. The number of halogens is 1. The van der Waals surface area contributed by atoms with Crippen LogP contribution in [-0.4, -0.2) is 40.4 Å². The van der Waals surface area contributed by atoms with E-state index < -0.39 is 11.1 Å². The number of nitrogens with zero attached hydrogens (tertiary/aromatic N) is 2. The molecule has 2 aliphatic heterocycles. The fraction of sp³-hybridized carbons (Fsp3) is 0.542. The van der Waals surface area contributed by atoms with Crippen molar-refractivity contribution in [3.63, 3.8) is 0 Å². The number of carbonyl (C=O) groups excluding carboxylic acids is 2. The molecule has 7 nitrogen and oxygen atoms in total. The molecule has 8 heteroatoms. The minimum Gasteiger partial charge on any atom is -0.487 e. The van der Waals surface area contributed by atoms with Crippen LogP contribution in [0.4, 0.5) is 0 Å². The van der Waals surface area contributed by atoms with Gasteiger partial charge in [0, 0.05) is 29.5 Å². The first-order chi connectivity index (χ1) is 15.0. The largest absolute Gasteiger partial charge is 0.487 e. The van der Waals surface area contributed by atoms with Gasteiger partial charge >= 0.3 is 0 Å². The predicted molar refractivity (Wildman–Crippen MR) is 125 cm³/mol. The number of terminal acetylenes is 1. The van der Waals surface area contributed by atoms with Gasteiger partial charge in [-0.3, -0.25) is 14.5 Å². The number of nitrogens with one attached hydrogen (secondary N) is 1. The van der Waals surface area contributed by atoms with Gasteiger partial charge in [0.15, 0.2) is 5.96 Å². The van der Waals surface area contributed by atoms with Crippen LogP contribution in [0.2, 0.25) is 5.02 Å². The average Bonchev–Trinajstić information content (AvgIpc) is 3.44. The summed E-state index contributed by atoms with van der Waals surface area (Å²) in [6.45, 7) is 8.21. The molecule has 1 unspecified atom stereocenters. The summed E-state index contributed by atoms with van der Waals surface area (Å²) in [5, 5.41) is 3.76. The third-order valence-corrected chi connectivity index (χ3v) is 6.34. The monoisotopic (exact) mass is 458 g/mol. The molecule has 3 atom stereocenters. The van der Waals surface area contributed by atoms with E-state index in [1.807, 2.05) is 45.9 Å². The van der Waals surface area contributed by atoms with Crippen molar-refractivity contribution in [2.75, 3.05) is 6.54 Å². The second-order valence-corrected chi connectivity index (χ2v) is 10.3. The first-order valence-electron chi connectivity index (χ1n) is 10.7. The van der Waals surface area contributed by atoms with Crippen molar-refractivity contribution in [2.24, 2.45) is 22.6 Å². The Kier molecular flexibility index (Phi) is 6.48. The van der Waals surface area contributed by atoms with Crippen molar-refractivity contribution in [1.29, 1.82) is 0 Å². The van der Waals surface area contributed by atoms with E-state index in [-0.39, 0.29) is 35.7 Å². The highest BCUT2D eigenvalue weighted by Gasteiger charge is 2.47. The maximum absolute atomic E-state index is 13.0. The number of hydrogen-bond donors (Lipinski definition) is 2. The number of nitrogens with two attached hydrogens (primary N) is 1. The first-order valence-corrected chi connectivity index (χ1v) is 11.1. The van der Waals surface area contributed by atoms with Gasteiger partial charge in [-0.25, -0.2) is 4.99 Å². The molecule has 0 aromatic heterocycles. The lowest BCUT2D eigenvalue weighted by molar-refractivity contribution is -0.130. The van der Waals surface area contributed by atoms with Crippen molar-refractivity contribution >= 4 is 29.4 Å². The Bertz CT molecular complexity index is 969. The molecule has 2 heterocycles. The van der Waals surface area contributed by atoms with Crippen molar-refractivity contribution in [1.82, 2.24) is 10.2 Å². The van der Waals surface area contributed by atoms with Gasteiger partial charge in [0.05, 0.1) is 18.0 Å². The zero-order valence-corrected chi connectivity index (χ0v) is 19.8. The van der Waals surface area contributed by atoms with Gasteiger partial charge in [0.2, 0.25) is 11.8 Å². The fourth-order valence-electron chi connectivity index (χ4n) is 4.48. The van der Waals surface area contributed by atoms with E-state index in [4.69, 9.17) is 22.1 Å². The Morgan fingerprint density at radius 1 is 1.34 bits per heavy atom. The van der Waals surface area contributed by atoms with Gasteiger partial charge in [0.25, 0.3) is 0 Å². The lowest BCUT2D eigenvalue weighted by atomic mass is 9.89. The molecule has 3 N–H and O–H groups in total. The van der Waals surface area contributed by atoms with Crippen molar-refractivity contribution in [3.05, 3.63) is 28.8 Å². The molecular weight excluding hydrogens is 428 g/mol. The Hall–Kier alpha value is -2.72. The van der Waals surface area contributed by atoms with Crippen LogP contribution < -0.4 is 15.8 Å². The summed E-state index contributed by atoms with van der Waals surface area (Å²) in [4.78, 5) is 31.4. The highest BCUT2D eigenvalue weighted by Crippen LogP contribution is 2.45. The van der Waals surface area contributed by atoms with E-state index in [0.29, 0.717) is 30.2 Å². The second kappa shape index (κ2) is 8.67. The fourth-order valence-corrected chi connectivity index (χ4v) is 4.78. The number of ether oxygens (including phenoxy) is 1. The summed E-state index contributed by atoms with van der Waals surface area (Å²) in [5.41, 5.74) is 5.97. The van der Waals surface area contributed by atoms with Crippen molar-refractivity contribution < 1.29 is 14.3 Å². The number of aliphatic imine (C=N–C) groups is 1. The van der Waals surface area contributed by atoms with Gasteiger partial charge in [-0.05, 0) is 52.2 Å². The molecule has 1 saturated carbocycles. The summed E-state index contributed by atoms with van der Waals surface area (Å²) in [5.74, 6) is 0.843. The summed E-state index contributed by atoms with van der Waals surface area (Å²) in [6.07, 6.45) is 9.68. The smallest absolute Gasteiger partial charge is 0.231 e. The van der Waals surface area contributed by atoms with Gasteiger partial charge < -0.3 is 15.8 Å². The SMILES string of the molecule is C#C.CC1(C)CC(=O)N(C[C@H]2CC2C(=O)N[C@H]2CC(C)(C)Oc3cccc(Cl)c32)C(N)=N1. The minimum atomic E-state index is -0.472. The maximum atomic E-state index is 13.0. The van der Waals surface area contributed by atoms with E-state index in [0.717, 1.165) is 12.0 Å². The molecule has 32 heavy (non-hydrogen) atoms. The van der Waals surface area contributed by atoms with E-state index in [1.165, 1.54) is 4.90 Å². The Balaban J connectivity index is 0.00000141. The summed E-state index contributed by atoms with van der Waals surface area (Å²) in [6, 6.07) is 5.33. The molecular formula is C24H31ClN4O3. The first kappa shape index (κ1) is 23.9. The molecule has 1 aromatic carbocycles. The number of guanidine groups is 1. The lowest BCUT2D eigenvalue weighted by Crippen LogP contribution is -2.50. The lowest BCUT2D eigenvalue weighted by Gasteiger charge is -2.38. The summed E-state index contributed by atoms with van der Waals surface area (Å²) in [7, 11) is 0. The molecule has 2 amide bonds. The third-order valence-electron chi connectivity index (χ3n) is 6.01. The number of rotatable bonds is 4. The zero-order chi connectivity index (χ0) is 23.8. The molecule has 0 radical (unpaired) electrons. The molecule has 1 aliphatic carbocycles. The Labute approximate surface area is 194 Å². The molecule has 0 bridgehead atoms. The van der Waals surface area contributed by atoms with Crippen LogP contribution in [0.15, 0.2) is 23.2 Å². The quantitative estimate of drug-likeness (QED) is 0.676. The molecule has 1 aromatic rings. The van der Waals surface area contributed by atoms with Crippen LogP contribution in [0, 0.1) is 24.7 Å². The molecule has 1 fully saturated rings. The van der Waals surface area contributed by atoms with Gasteiger partial charge in [-0.1, -0.05) is 17.7 Å². The van der Waals surface area contributed by atoms with Crippen LogP contribution in [0.1, 0.15) is 58.6 Å². The molecule has 0 spiro atoms. The van der Waals surface area contributed by atoms with E-state index in [1.54, 1.807) is 0 Å². The number of carbonyl (C=O) groups is 2.